The maximum Gasteiger partial charge on any atom is 0.418 e. The third kappa shape index (κ3) is 3.52. The van der Waals surface area contributed by atoms with Gasteiger partial charge in [-0.15, -0.1) is 0 Å². The Balaban J connectivity index is 2.40. The van der Waals surface area contributed by atoms with Crippen LogP contribution in [-0.2, 0) is 6.18 Å². The van der Waals surface area contributed by atoms with Gasteiger partial charge in [0.1, 0.15) is 11.0 Å². The lowest BCUT2D eigenvalue weighted by molar-refractivity contribution is -0.136. The number of aromatic nitrogens is 1. The number of benzene rings is 1. The number of anilines is 2. The van der Waals surface area contributed by atoms with Gasteiger partial charge in [0.15, 0.2) is 0 Å². The minimum atomic E-state index is -4.51. The molecule has 1 aromatic heterocycles. The van der Waals surface area contributed by atoms with Crippen LogP contribution in [0.5, 0.6) is 0 Å². The maximum atomic E-state index is 12.9. The van der Waals surface area contributed by atoms with E-state index in [4.69, 9.17) is 23.2 Å². The van der Waals surface area contributed by atoms with Gasteiger partial charge in [-0.3, -0.25) is 0 Å². The topological polar surface area (TPSA) is 24.9 Å². The van der Waals surface area contributed by atoms with Crippen molar-refractivity contribution in [2.24, 2.45) is 0 Å². The Morgan fingerprint density at radius 2 is 1.79 bits per heavy atom. The lowest BCUT2D eigenvalue weighted by Crippen LogP contribution is -2.09. The van der Waals surface area contributed by atoms with Crippen molar-refractivity contribution < 1.29 is 13.2 Å². The number of halogens is 5. The average Bonchev–Trinajstić information content (AvgIpc) is 2.30. The Hall–Kier alpha value is -1.46. The zero-order valence-electron chi connectivity index (χ0n) is 9.30. The summed E-state index contributed by atoms with van der Waals surface area (Å²) in [7, 11) is 0. The van der Waals surface area contributed by atoms with Crippen LogP contribution in [0.15, 0.2) is 36.4 Å². The van der Waals surface area contributed by atoms with E-state index in [0.717, 1.165) is 6.07 Å². The zero-order chi connectivity index (χ0) is 14.0. The number of rotatable bonds is 2. The van der Waals surface area contributed by atoms with Crippen LogP contribution in [0.4, 0.5) is 24.7 Å². The zero-order valence-corrected chi connectivity index (χ0v) is 10.8. The van der Waals surface area contributed by atoms with Gasteiger partial charge in [0.05, 0.1) is 11.3 Å². The number of nitrogens with one attached hydrogen (secondary N) is 1. The average molecular weight is 307 g/mol. The Morgan fingerprint density at radius 3 is 2.42 bits per heavy atom. The van der Waals surface area contributed by atoms with Crippen molar-refractivity contribution in [3.05, 3.63) is 52.1 Å². The summed E-state index contributed by atoms with van der Waals surface area (Å²) in [5, 5.41) is 2.77. The SMILES string of the molecule is FC(F)(F)c1cc(Cl)ccc1Nc1cccc(Cl)n1. The van der Waals surface area contributed by atoms with Crippen LogP contribution in [-0.4, -0.2) is 4.98 Å². The Labute approximate surface area is 117 Å². The fourth-order valence-electron chi connectivity index (χ4n) is 1.48. The molecule has 0 spiro atoms. The highest BCUT2D eigenvalue weighted by atomic mass is 35.5. The molecule has 100 valence electrons. The molecule has 0 fully saturated rings. The quantitative estimate of drug-likeness (QED) is 0.776. The monoisotopic (exact) mass is 306 g/mol. The molecule has 0 aliphatic carbocycles. The van der Waals surface area contributed by atoms with Gasteiger partial charge in [-0.05, 0) is 30.3 Å². The second-order valence-corrected chi connectivity index (χ2v) is 4.48. The van der Waals surface area contributed by atoms with Crippen LogP contribution >= 0.6 is 23.2 Å². The van der Waals surface area contributed by atoms with Gasteiger partial charge in [0.25, 0.3) is 0 Å². The molecule has 1 heterocycles. The normalized spacial score (nSPS) is 11.4. The molecule has 0 atom stereocenters. The largest absolute Gasteiger partial charge is 0.418 e. The number of pyridine rings is 1. The molecule has 0 aliphatic heterocycles. The van der Waals surface area contributed by atoms with Crippen molar-refractivity contribution >= 4 is 34.7 Å². The minimum Gasteiger partial charge on any atom is -0.340 e. The van der Waals surface area contributed by atoms with E-state index >= 15 is 0 Å². The van der Waals surface area contributed by atoms with Crippen molar-refractivity contribution in [3.8, 4) is 0 Å². The summed E-state index contributed by atoms with van der Waals surface area (Å²) >= 11 is 11.3. The third-order valence-corrected chi connectivity index (χ3v) is 2.71. The maximum absolute atomic E-state index is 12.9. The van der Waals surface area contributed by atoms with Crippen LogP contribution in [0.3, 0.4) is 0 Å². The summed E-state index contributed by atoms with van der Waals surface area (Å²) in [6.07, 6.45) is -4.51. The summed E-state index contributed by atoms with van der Waals surface area (Å²) in [4.78, 5) is 3.87. The minimum absolute atomic E-state index is 0.0110. The van der Waals surface area contributed by atoms with E-state index in [1.807, 2.05) is 0 Å². The summed E-state index contributed by atoms with van der Waals surface area (Å²) in [5.41, 5.74) is -0.992. The van der Waals surface area contributed by atoms with Gasteiger partial charge < -0.3 is 5.32 Å². The molecule has 0 unspecified atom stereocenters. The number of hydrogen-bond acceptors (Lipinski definition) is 2. The molecule has 1 aromatic carbocycles. The van der Waals surface area contributed by atoms with Gasteiger partial charge in [0, 0.05) is 5.02 Å². The second-order valence-electron chi connectivity index (χ2n) is 3.66. The number of hydrogen-bond donors (Lipinski definition) is 1. The van der Waals surface area contributed by atoms with Gasteiger partial charge in [0.2, 0.25) is 0 Å². The van der Waals surface area contributed by atoms with Crippen molar-refractivity contribution in [1.82, 2.24) is 4.98 Å². The summed E-state index contributed by atoms with van der Waals surface area (Å²) in [6, 6.07) is 8.09. The third-order valence-electron chi connectivity index (χ3n) is 2.26. The molecule has 2 aromatic rings. The van der Waals surface area contributed by atoms with Crippen molar-refractivity contribution in [2.75, 3.05) is 5.32 Å². The van der Waals surface area contributed by atoms with Crippen LogP contribution < -0.4 is 5.32 Å². The van der Waals surface area contributed by atoms with Crippen LogP contribution in [0, 0.1) is 0 Å². The molecular weight excluding hydrogens is 300 g/mol. The molecule has 0 amide bonds. The first kappa shape index (κ1) is 14.0. The van der Waals surface area contributed by atoms with Gasteiger partial charge in [-0.1, -0.05) is 29.3 Å². The van der Waals surface area contributed by atoms with E-state index in [2.05, 4.69) is 10.3 Å². The molecule has 2 nitrogen and oxygen atoms in total. The molecule has 7 heteroatoms. The molecule has 0 saturated carbocycles. The molecule has 19 heavy (non-hydrogen) atoms. The van der Waals surface area contributed by atoms with Gasteiger partial charge in [-0.2, -0.15) is 13.2 Å². The second kappa shape index (κ2) is 5.27. The molecule has 0 bridgehead atoms. The Kier molecular flexibility index (Phi) is 3.87. The molecule has 2 rings (SSSR count). The van der Waals surface area contributed by atoms with E-state index in [9.17, 15) is 13.2 Å². The smallest absolute Gasteiger partial charge is 0.340 e. The predicted molar refractivity (Wildman–Crippen MR) is 69.0 cm³/mol. The van der Waals surface area contributed by atoms with Crippen LogP contribution in [0.25, 0.3) is 0 Å². The lowest BCUT2D eigenvalue weighted by atomic mass is 10.1. The Morgan fingerprint density at radius 1 is 1.05 bits per heavy atom. The highest BCUT2D eigenvalue weighted by Crippen LogP contribution is 2.37. The highest BCUT2D eigenvalue weighted by Gasteiger charge is 2.33. The first-order chi connectivity index (χ1) is 8.86. The van der Waals surface area contributed by atoms with Crippen LogP contribution in [0.1, 0.15) is 5.56 Å². The van der Waals surface area contributed by atoms with Crippen molar-refractivity contribution in [2.45, 2.75) is 6.18 Å². The predicted octanol–water partition coefficient (Wildman–Crippen LogP) is 5.15. The first-order valence-corrected chi connectivity index (χ1v) is 5.88. The molecule has 0 radical (unpaired) electrons. The van der Waals surface area contributed by atoms with Crippen molar-refractivity contribution in [3.63, 3.8) is 0 Å². The lowest BCUT2D eigenvalue weighted by Gasteiger charge is -2.14. The number of nitrogens with zero attached hydrogens (tertiary/aromatic N) is 1. The van der Waals surface area contributed by atoms with Crippen molar-refractivity contribution in [1.29, 1.82) is 0 Å². The van der Waals surface area contributed by atoms with E-state index in [-0.39, 0.29) is 21.7 Å². The summed E-state index contributed by atoms with van der Waals surface area (Å²) < 4.78 is 38.6. The van der Waals surface area contributed by atoms with E-state index in [1.165, 1.54) is 24.3 Å². The van der Waals surface area contributed by atoms with Crippen LogP contribution in [0.2, 0.25) is 10.2 Å². The Bertz CT molecular complexity index is 600. The summed E-state index contributed by atoms with van der Waals surface area (Å²) in [5.74, 6) is 0.223. The first-order valence-electron chi connectivity index (χ1n) is 5.12. The summed E-state index contributed by atoms with van der Waals surface area (Å²) in [6.45, 7) is 0. The molecule has 1 N–H and O–H groups in total. The fraction of sp³-hybridized carbons (Fsp3) is 0.0833. The number of alkyl halides is 3. The highest BCUT2D eigenvalue weighted by molar-refractivity contribution is 6.30. The van der Waals surface area contributed by atoms with E-state index < -0.39 is 11.7 Å². The molecule has 0 aliphatic rings. The molecule has 0 saturated heterocycles. The standard InChI is InChI=1S/C12H7Cl2F3N2/c13-7-4-5-9(8(6-7)12(15,16)17)18-11-3-1-2-10(14)19-11/h1-6H,(H,18,19). The molecular formula is C12H7Cl2F3N2. The van der Waals surface area contributed by atoms with Gasteiger partial charge in [-0.25, -0.2) is 4.98 Å². The fourth-order valence-corrected chi connectivity index (χ4v) is 1.81. The van der Waals surface area contributed by atoms with Gasteiger partial charge >= 0.3 is 6.18 Å². The van der Waals surface area contributed by atoms with E-state index in [0.29, 0.717) is 0 Å². The van der Waals surface area contributed by atoms with E-state index in [1.54, 1.807) is 6.07 Å².